The van der Waals surface area contributed by atoms with E-state index >= 15 is 0 Å². The zero-order chi connectivity index (χ0) is 16.8. The second-order valence-electron chi connectivity index (χ2n) is 5.47. The van der Waals surface area contributed by atoms with Gasteiger partial charge in [-0.05, 0) is 31.4 Å². The van der Waals surface area contributed by atoms with Crippen molar-refractivity contribution in [3.05, 3.63) is 54.1 Å². The van der Waals surface area contributed by atoms with Crippen molar-refractivity contribution in [2.24, 2.45) is 5.41 Å². The number of hydrogen-bond donors (Lipinski definition) is 0. The molecule has 122 valence electrons. The number of benzene rings is 1. The molecule has 1 aliphatic carbocycles. The van der Waals surface area contributed by atoms with Crippen molar-refractivity contribution < 1.29 is 13.6 Å². The summed E-state index contributed by atoms with van der Waals surface area (Å²) >= 11 is 0. The van der Waals surface area contributed by atoms with Gasteiger partial charge in [0, 0.05) is 0 Å². The topological polar surface area (TPSA) is 59.3 Å². The lowest BCUT2D eigenvalue weighted by molar-refractivity contribution is 0.214. The summed E-state index contributed by atoms with van der Waals surface area (Å²) in [4.78, 5) is 0. The molecular formula is C18H22NO3P. The average Bonchev–Trinajstić information content (AvgIpc) is 2.56. The highest BCUT2D eigenvalue weighted by Crippen LogP contribution is 2.55. The van der Waals surface area contributed by atoms with Crippen LogP contribution in [-0.4, -0.2) is 19.4 Å². The minimum absolute atomic E-state index is 0.0683. The van der Waals surface area contributed by atoms with Crippen LogP contribution in [-0.2, 0) is 13.6 Å². The molecule has 0 bridgehead atoms. The molecule has 1 atom stereocenters. The molecule has 1 aromatic carbocycles. The molecule has 0 spiro atoms. The Morgan fingerprint density at radius 2 is 1.87 bits per heavy atom. The molecule has 0 saturated heterocycles. The van der Waals surface area contributed by atoms with Crippen LogP contribution in [0.2, 0.25) is 0 Å². The predicted molar refractivity (Wildman–Crippen MR) is 91.9 cm³/mol. The molecular weight excluding hydrogens is 309 g/mol. The van der Waals surface area contributed by atoms with Gasteiger partial charge in [0.25, 0.3) is 0 Å². The number of nitrogens with zero attached hydrogens (tertiary/aromatic N) is 1. The zero-order valence-electron chi connectivity index (χ0n) is 13.6. The smallest absolute Gasteiger partial charge is 0.309 e. The van der Waals surface area contributed by atoms with E-state index in [0.29, 0.717) is 19.6 Å². The number of allylic oxidation sites excluding steroid dienone is 4. The van der Waals surface area contributed by atoms with E-state index in [0.717, 1.165) is 11.1 Å². The summed E-state index contributed by atoms with van der Waals surface area (Å²) in [6, 6.07) is 12.2. The molecule has 23 heavy (non-hydrogen) atoms. The molecule has 1 aliphatic rings. The Labute approximate surface area is 138 Å². The summed E-state index contributed by atoms with van der Waals surface area (Å²) in [7, 11) is -3.29. The van der Waals surface area contributed by atoms with Crippen LogP contribution in [0.1, 0.15) is 25.8 Å². The summed E-state index contributed by atoms with van der Waals surface area (Å²) in [5, 5.41) is 9.75. The molecule has 5 heteroatoms. The van der Waals surface area contributed by atoms with E-state index in [-0.39, 0.29) is 6.16 Å². The zero-order valence-corrected chi connectivity index (χ0v) is 14.5. The minimum Gasteiger partial charge on any atom is -0.309 e. The van der Waals surface area contributed by atoms with Gasteiger partial charge in [0.05, 0.1) is 30.9 Å². The van der Waals surface area contributed by atoms with Crippen molar-refractivity contribution in [3.8, 4) is 6.07 Å². The third-order valence-corrected chi connectivity index (χ3v) is 5.97. The first-order valence-electron chi connectivity index (χ1n) is 7.79. The van der Waals surface area contributed by atoms with Gasteiger partial charge in [0.1, 0.15) is 0 Å². The Bertz CT molecular complexity index is 665. The molecule has 0 aromatic heterocycles. The number of nitriles is 1. The summed E-state index contributed by atoms with van der Waals surface area (Å²) in [6.45, 7) is 4.14. The van der Waals surface area contributed by atoms with E-state index in [4.69, 9.17) is 9.05 Å². The van der Waals surface area contributed by atoms with E-state index in [1.54, 1.807) is 13.8 Å². The molecule has 1 aromatic rings. The molecule has 0 aliphatic heterocycles. The number of rotatable bonds is 7. The second-order valence-corrected chi connectivity index (χ2v) is 7.52. The van der Waals surface area contributed by atoms with Crippen LogP contribution in [0.15, 0.2) is 48.6 Å². The van der Waals surface area contributed by atoms with Crippen molar-refractivity contribution in [2.45, 2.75) is 20.3 Å². The molecule has 0 fully saturated rings. The lowest BCUT2D eigenvalue weighted by Crippen LogP contribution is -2.24. The van der Waals surface area contributed by atoms with Crippen LogP contribution < -0.4 is 0 Å². The summed E-state index contributed by atoms with van der Waals surface area (Å²) < 4.78 is 23.6. The predicted octanol–water partition coefficient (Wildman–Crippen LogP) is 4.81. The van der Waals surface area contributed by atoms with E-state index < -0.39 is 13.0 Å². The van der Waals surface area contributed by atoms with Gasteiger partial charge in [0.2, 0.25) is 0 Å². The number of hydrogen-bond acceptors (Lipinski definition) is 4. The maximum absolute atomic E-state index is 12.8. The molecule has 0 saturated carbocycles. The molecule has 0 amide bonds. The van der Waals surface area contributed by atoms with Crippen molar-refractivity contribution in [3.63, 3.8) is 0 Å². The van der Waals surface area contributed by atoms with Gasteiger partial charge in [-0.3, -0.25) is 4.57 Å². The van der Waals surface area contributed by atoms with Crippen molar-refractivity contribution >= 4 is 13.2 Å². The van der Waals surface area contributed by atoms with Crippen LogP contribution in [0.25, 0.3) is 5.57 Å². The van der Waals surface area contributed by atoms with Gasteiger partial charge in [0.15, 0.2) is 0 Å². The van der Waals surface area contributed by atoms with Gasteiger partial charge >= 0.3 is 7.60 Å². The lowest BCUT2D eigenvalue weighted by Gasteiger charge is -2.30. The Morgan fingerprint density at radius 3 is 2.43 bits per heavy atom. The SMILES string of the molecule is CCOP(=O)(CC1(C#N)C=CC=C(c2ccccc2)C1)OCC. The average molecular weight is 331 g/mol. The van der Waals surface area contributed by atoms with Crippen molar-refractivity contribution in [2.75, 3.05) is 19.4 Å². The second kappa shape index (κ2) is 7.75. The summed E-state index contributed by atoms with van der Waals surface area (Å²) in [5.41, 5.74) is 1.24. The highest BCUT2D eigenvalue weighted by Gasteiger charge is 2.40. The fraction of sp³-hybridized carbons (Fsp3) is 0.389. The first-order valence-corrected chi connectivity index (χ1v) is 9.52. The van der Waals surface area contributed by atoms with Crippen molar-refractivity contribution in [1.82, 2.24) is 0 Å². The highest BCUT2D eigenvalue weighted by atomic mass is 31.2. The van der Waals surface area contributed by atoms with Crippen LogP contribution in [0.4, 0.5) is 0 Å². The van der Waals surface area contributed by atoms with Crippen LogP contribution in [0.3, 0.4) is 0 Å². The lowest BCUT2D eigenvalue weighted by atomic mass is 9.79. The molecule has 2 rings (SSSR count). The van der Waals surface area contributed by atoms with Crippen LogP contribution >= 0.6 is 7.60 Å². The summed E-state index contributed by atoms with van der Waals surface area (Å²) in [6.07, 6.45) is 6.23. The van der Waals surface area contributed by atoms with E-state index in [1.807, 2.05) is 48.6 Å². The Morgan fingerprint density at radius 1 is 1.22 bits per heavy atom. The van der Waals surface area contributed by atoms with E-state index in [2.05, 4.69) is 6.07 Å². The first kappa shape index (κ1) is 17.7. The third kappa shape index (κ3) is 4.42. The fourth-order valence-corrected chi connectivity index (χ4v) is 4.77. The molecule has 4 nitrogen and oxygen atoms in total. The Hall–Kier alpha value is -1.66. The standard InChI is InChI=1S/C18H22NO3P/c1-3-21-23(20,22-4-2)15-18(14-19)12-8-11-17(13-18)16-9-6-5-7-10-16/h5-12H,3-4,13,15H2,1-2H3. The quantitative estimate of drug-likeness (QED) is 0.673. The van der Waals surface area contributed by atoms with E-state index in [1.165, 1.54) is 0 Å². The first-order chi connectivity index (χ1) is 11.1. The van der Waals surface area contributed by atoms with Gasteiger partial charge in [-0.25, -0.2) is 0 Å². The van der Waals surface area contributed by atoms with Crippen molar-refractivity contribution in [1.29, 1.82) is 5.26 Å². The minimum atomic E-state index is -3.29. The monoisotopic (exact) mass is 331 g/mol. The third-order valence-electron chi connectivity index (χ3n) is 3.71. The van der Waals surface area contributed by atoms with Crippen LogP contribution in [0, 0.1) is 16.7 Å². The van der Waals surface area contributed by atoms with Gasteiger partial charge in [-0.15, -0.1) is 0 Å². The maximum Gasteiger partial charge on any atom is 0.332 e. The molecule has 1 unspecified atom stereocenters. The van der Waals surface area contributed by atoms with Gasteiger partial charge in [-0.1, -0.05) is 48.6 Å². The largest absolute Gasteiger partial charge is 0.332 e. The molecule has 0 heterocycles. The maximum atomic E-state index is 12.8. The Kier molecular flexibility index (Phi) is 5.96. The Balaban J connectivity index is 2.26. The fourth-order valence-electron chi connectivity index (χ4n) is 2.74. The van der Waals surface area contributed by atoms with Crippen LogP contribution in [0.5, 0.6) is 0 Å². The molecule has 0 N–H and O–H groups in total. The normalized spacial score (nSPS) is 20.8. The van der Waals surface area contributed by atoms with Gasteiger partial charge in [-0.2, -0.15) is 5.26 Å². The highest BCUT2D eigenvalue weighted by molar-refractivity contribution is 7.53. The molecule has 0 radical (unpaired) electrons. The van der Waals surface area contributed by atoms with E-state index in [9.17, 15) is 9.83 Å². The summed E-state index contributed by atoms with van der Waals surface area (Å²) in [5.74, 6) is 0. The van der Waals surface area contributed by atoms with Gasteiger partial charge < -0.3 is 9.05 Å².